The third kappa shape index (κ3) is 67.3. The first kappa shape index (κ1) is 92.1. The quantitative estimate of drug-likeness (QED) is 0.0222. The number of rotatable bonds is 72. The van der Waals surface area contributed by atoms with Crippen LogP contribution >= 0.6 is 15.6 Å². The summed E-state index contributed by atoms with van der Waals surface area (Å²) in [6.45, 7) is 14.2. The van der Waals surface area contributed by atoms with Crippen molar-refractivity contribution in [1.29, 1.82) is 0 Å². The molecule has 17 nitrogen and oxygen atoms in total. The molecular formula is C75H146O17P2. The van der Waals surface area contributed by atoms with Gasteiger partial charge in [-0.2, -0.15) is 0 Å². The molecular weight excluding hydrogens is 1230 g/mol. The maximum Gasteiger partial charge on any atom is 0.472 e. The summed E-state index contributed by atoms with van der Waals surface area (Å²) in [7, 11) is -9.91. The molecule has 19 heteroatoms. The van der Waals surface area contributed by atoms with Crippen LogP contribution in [0.4, 0.5) is 0 Å². The van der Waals surface area contributed by atoms with Crippen molar-refractivity contribution in [2.24, 2.45) is 23.7 Å². The highest BCUT2D eigenvalue weighted by molar-refractivity contribution is 7.47. The molecule has 0 aromatic rings. The smallest absolute Gasteiger partial charge is 0.462 e. The van der Waals surface area contributed by atoms with E-state index in [0.717, 1.165) is 114 Å². The summed E-state index contributed by atoms with van der Waals surface area (Å²) in [5.41, 5.74) is 0. The van der Waals surface area contributed by atoms with Crippen molar-refractivity contribution in [2.45, 2.75) is 395 Å². The summed E-state index contributed by atoms with van der Waals surface area (Å²) >= 11 is 0. The Kier molecular flexibility index (Phi) is 63.1. The summed E-state index contributed by atoms with van der Waals surface area (Å²) in [6.07, 6.45) is 48.5. The highest BCUT2D eigenvalue weighted by atomic mass is 31.2. The van der Waals surface area contributed by atoms with Crippen LogP contribution in [0.25, 0.3) is 0 Å². The van der Waals surface area contributed by atoms with Crippen LogP contribution in [0.2, 0.25) is 0 Å². The number of hydrogen-bond acceptors (Lipinski definition) is 15. The molecule has 558 valence electrons. The Bertz CT molecular complexity index is 1850. The number of ether oxygens (including phenoxy) is 4. The third-order valence-corrected chi connectivity index (χ3v) is 19.6. The van der Waals surface area contributed by atoms with Gasteiger partial charge in [0.15, 0.2) is 12.2 Å². The minimum absolute atomic E-state index is 0.105. The van der Waals surface area contributed by atoms with Crippen LogP contribution in [-0.4, -0.2) is 96.7 Å². The van der Waals surface area contributed by atoms with Crippen molar-refractivity contribution in [2.75, 3.05) is 39.6 Å². The Hall–Kier alpha value is -1.94. The van der Waals surface area contributed by atoms with Gasteiger partial charge in [0.05, 0.1) is 26.4 Å². The molecule has 0 bridgehead atoms. The van der Waals surface area contributed by atoms with Crippen molar-refractivity contribution in [1.82, 2.24) is 0 Å². The van der Waals surface area contributed by atoms with Gasteiger partial charge in [-0.1, -0.05) is 325 Å². The van der Waals surface area contributed by atoms with E-state index in [-0.39, 0.29) is 25.7 Å². The normalized spacial score (nSPS) is 14.4. The molecule has 0 amide bonds. The van der Waals surface area contributed by atoms with Crippen LogP contribution in [0.1, 0.15) is 376 Å². The molecule has 94 heavy (non-hydrogen) atoms. The molecule has 3 N–H and O–H groups in total. The van der Waals surface area contributed by atoms with Gasteiger partial charge in [0.2, 0.25) is 0 Å². The fraction of sp³-hybridized carbons (Fsp3) is 0.947. The van der Waals surface area contributed by atoms with Gasteiger partial charge >= 0.3 is 39.5 Å². The summed E-state index contributed by atoms with van der Waals surface area (Å²) in [4.78, 5) is 72.8. The number of aliphatic hydroxyl groups is 1. The van der Waals surface area contributed by atoms with Crippen molar-refractivity contribution in [3.63, 3.8) is 0 Å². The largest absolute Gasteiger partial charge is 0.472 e. The molecule has 0 heterocycles. The van der Waals surface area contributed by atoms with Crippen molar-refractivity contribution >= 4 is 39.5 Å². The van der Waals surface area contributed by atoms with E-state index in [4.69, 9.17) is 37.0 Å². The molecule has 6 atom stereocenters. The number of phosphoric ester groups is 2. The molecule has 0 aromatic carbocycles. The Balaban J connectivity index is 5.25. The van der Waals surface area contributed by atoms with Crippen LogP contribution in [0.3, 0.4) is 0 Å². The van der Waals surface area contributed by atoms with E-state index in [1.165, 1.54) is 180 Å². The summed E-state index contributed by atoms with van der Waals surface area (Å²) < 4.78 is 68.5. The van der Waals surface area contributed by atoms with Gasteiger partial charge in [0.1, 0.15) is 19.3 Å². The van der Waals surface area contributed by atoms with Gasteiger partial charge in [-0.05, 0) is 49.4 Å². The highest BCUT2D eigenvalue weighted by Gasteiger charge is 2.30. The lowest BCUT2D eigenvalue weighted by molar-refractivity contribution is -0.161. The molecule has 0 fully saturated rings. The minimum atomic E-state index is -4.96. The zero-order valence-electron chi connectivity index (χ0n) is 61.6. The van der Waals surface area contributed by atoms with Gasteiger partial charge in [-0.3, -0.25) is 37.3 Å². The lowest BCUT2D eigenvalue weighted by Crippen LogP contribution is -2.30. The number of carbonyl (C=O) groups excluding carboxylic acids is 4. The average Bonchev–Trinajstić information content (AvgIpc) is 3.14. The maximum atomic E-state index is 13.1. The minimum Gasteiger partial charge on any atom is -0.462 e. The molecule has 0 rings (SSSR count). The zero-order chi connectivity index (χ0) is 69.6. The van der Waals surface area contributed by atoms with Gasteiger partial charge in [0.25, 0.3) is 0 Å². The zero-order valence-corrected chi connectivity index (χ0v) is 63.4. The van der Waals surface area contributed by atoms with Gasteiger partial charge in [-0.25, -0.2) is 9.13 Å². The SMILES string of the molecule is CCC(C)CCCCCCCCCCC(=O)OC[C@H](COP(=O)(O)OCC(O)COP(=O)(O)OC[C@@H](COC(=O)CCCCCCCCCCC(C)C)OC(=O)CCCCCCCCCCCCC(C)C)OC(=O)CCCCCCCCCCCCCCCCCC(C)C. The first-order chi connectivity index (χ1) is 45.1. The number of aliphatic hydroxyl groups excluding tert-OH is 1. The average molecular weight is 1380 g/mol. The predicted octanol–water partition coefficient (Wildman–Crippen LogP) is 21.7. The third-order valence-electron chi connectivity index (χ3n) is 17.7. The summed E-state index contributed by atoms with van der Waals surface area (Å²) in [5, 5.41) is 10.6. The monoisotopic (exact) mass is 1380 g/mol. The van der Waals surface area contributed by atoms with E-state index in [9.17, 15) is 43.2 Å². The van der Waals surface area contributed by atoms with E-state index >= 15 is 0 Å². The van der Waals surface area contributed by atoms with E-state index < -0.39 is 97.5 Å². The van der Waals surface area contributed by atoms with Gasteiger partial charge in [0, 0.05) is 25.7 Å². The summed E-state index contributed by atoms with van der Waals surface area (Å²) in [6, 6.07) is 0. The lowest BCUT2D eigenvalue weighted by atomic mass is 9.99. The second-order valence-corrected chi connectivity index (χ2v) is 31.6. The Morgan fingerprint density at radius 3 is 0.755 bits per heavy atom. The second kappa shape index (κ2) is 64.4. The van der Waals surface area contributed by atoms with E-state index in [0.29, 0.717) is 25.7 Å². The number of phosphoric acid groups is 2. The van der Waals surface area contributed by atoms with E-state index in [2.05, 4.69) is 55.4 Å². The van der Waals surface area contributed by atoms with Crippen LogP contribution in [0.15, 0.2) is 0 Å². The standard InChI is InChI=1S/C75H146O17P2/c1-9-68(8)54-46-38-30-24-26-32-40-48-56-73(78)86-62-71(91-74(79)57-49-41-33-21-16-14-12-10-11-13-15-19-27-35-43-51-65(2)3)64-90-94(83,84)88-60-69(76)59-87-93(81,82)89-63-70(61-85-72(77)55-47-39-31-25-23-29-37-45-53-67(6)7)92-75(80)58-50-42-34-22-18-17-20-28-36-44-52-66(4)5/h65-71,76H,9-64H2,1-8H3,(H,81,82)(H,83,84)/t68?,69?,70-,71-/m1/s1. The summed E-state index contributed by atoms with van der Waals surface area (Å²) in [5.74, 6) is 0.936. The molecule has 4 unspecified atom stereocenters. The molecule has 0 aliphatic rings. The molecule has 0 aromatic heterocycles. The van der Waals surface area contributed by atoms with Gasteiger partial charge < -0.3 is 33.8 Å². The molecule has 0 aliphatic heterocycles. The topological polar surface area (TPSA) is 237 Å². The Morgan fingerprint density at radius 1 is 0.298 bits per heavy atom. The molecule has 0 saturated carbocycles. The molecule has 0 saturated heterocycles. The second-order valence-electron chi connectivity index (χ2n) is 28.7. The van der Waals surface area contributed by atoms with Gasteiger partial charge in [-0.15, -0.1) is 0 Å². The molecule has 0 radical (unpaired) electrons. The Morgan fingerprint density at radius 2 is 0.511 bits per heavy atom. The highest BCUT2D eigenvalue weighted by Crippen LogP contribution is 2.45. The van der Waals surface area contributed by atoms with Crippen molar-refractivity contribution < 1.29 is 80.2 Å². The number of esters is 4. The van der Waals surface area contributed by atoms with E-state index in [1.807, 2.05) is 0 Å². The van der Waals surface area contributed by atoms with Crippen molar-refractivity contribution in [3.05, 3.63) is 0 Å². The number of hydrogen-bond donors (Lipinski definition) is 3. The first-order valence-electron chi connectivity index (χ1n) is 38.7. The van der Waals surface area contributed by atoms with Crippen LogP contribution < -0.4 is 0 Å². The van der Waals surface area contributed by atoms with Crippen molar-refractivity contribution in [3.8, 4) is 0 Å². The fourth-order valence-corrected chi connectivity index (χ4v) is 12.9. The Labute approximate surface area is 575 Å². The predicted molar refractivity (Wildman–Crippen MR) is 381 cm³/mol. The molecule has 0 aliphatic carbocycles. The van der Waals surface area contributed by atoms with Crippen LogP contribution in [-0.2, 0) is 65.4 Å². The van der Waals surface area contributed by atoms with E-state index in [1.54, 1.807) is 0 Å². The fourth-order valence-electron chi connectivity index (χ4n) is 11.3. The number of carbonyl (C=O) groups is 4. The molecule has 0 spiro atoms. The first-order valence-corrected chi connectivity index (χ1v) is 41.7. The maximum absolute atomic E-state index is 13.1. The lowest BCUT2D eigenvalue weighted by Gasteiger charge is -2.21. The van der Waals surface area contributed by atoms with Crippen LogP contribution in [0.5, 0.6) is 0 Å². The van der Waals surface area contributed by atoms with Crippen LogP contribution in [0, 0.1) is 23.7 Å². The number of unbranched alkanes of at least 4 members (excludes halogenated alkanes) is 37.